The lowest BCUT2D eigenvalue weighted by molar-refractivity contribution is -0.0572. The van der Waals surface area contributed by atoms with Crippen LogP contribution in [-0.2, 0) is 14.3 Å². The Balaban J connectivity index is 2.58. The molecule has 1 N–H and O–H groups in total. The number of halogens is 4. The summed E-state index contributed by atoms with van der Waals surface area (Å²) in [4.78, 5) is 0. The fourth-order valence-corrected chi connectivity index (χ4v) is 1.83. The molecular formula is C11H9ClF3NO5S. The van der Waals surface area contributed by atoms with E-state index in [1.807, 2.05) is 0 Å². The van der Waals surface area contributed by atoms with E-state index in [4.69, 9.17) is 21.6 Å². The first kappa shape index (κ1) is 18.5. The van der Waals surface area contributed by atoms with Gasteiger partial charge in [0.25, 0.3) is 0 Å². The molecule has 0 aliphatic rings. The highest BCUT2D eigenvalue weighted by Gasteiger charge is 2.47. The molecule has 0 saturated carbocycles. The number of aliphatic hydroxyl groups excluding tert-OH is 1. The minimum Gasteiger partial charge on any atom is -0.489 e. The first-order valence-electron chi connectivity index (χ1n) is 5.53. The van der Waals surface area contributed by atoms with Crippen LogP contribution in [0, 0.1) is 11.3 Å². The number of rotatable bonds is 6. The van der Waals surface area contributed by atoms with E-state index in [0.29, 0.717) is 0 Å². The molecule has 6 nitrogen and oxygen atoms in total. The molecule has 0 amide bonds. The van der Waals surface area contributed by atoms with Gasteiger partial charge in [0, 0.05) is 5.02 Å². The van der Waals surface area contributed by atoms with Crippen molar-refractivity contribution in [3.05, 3.63) is 28.8 Å². The molecule has 1 atom stereocenters. The van der Waals surface area contributed by atoms with Crippen molar-refractivity contribution in [3.63, 3.8) is 0 Å². The summed E-state index contributed by atoms with van der Waals surface area (Å²) in [5.74, 6) is 0.0321. The van der Waals surface area contributed by atoms with Crippen LogP contribution in [-0.4, -0.2) is 38.4 Å². The van der Waals surface area contributed by atoms with Gasteiger partial charge in [-0.1, -0.05) is 11.6 Å². The van der Waals surface area contributed by atoms with Crippen LogP contribution in [0.25, 0.3) is 0 Å². The quantitative estimate of drug-likeness (QED) is 0.614. The molecule has 122 valence electrons. The van der Waals surface area contributed by atoms with E-state index in [9.17, 15) is 26.7 Å². The first-order chi connectivity index (χ1) is 10.1. The SMILES string of the molecule is N#Cc1cc(Cl)ccc1OC[C@H](O)COS(=O)(=O)C(F)(F)F. The Labute approximate surface area is 128 Å². The van der Waals surface area contributed by atoms with Gasteiger partial charge < -0.3 is 9.84 Å². The molecule has 0 aromatic heterocycles. The standard InChI is InChI=1S/C11H9ClF3NO5S/c12-8-1-2-10(7(3-8)4-16)20-5-9(17)6-21-22(18,19)11(13,14)15/h1-3,9,17H,5-6H2/t9-/m0/s1. The molecule has 1 aromatic rings. The Morgan fingerprint density at radius 2 is 2.00 bits per heavy atom. The molecule has 22 heavy (non-hydrogen) atoms. The molecule has 0 fully saturated rings. The average Bonchev–Trinajstić information content (AvgIpc) is 2.42. The lowest BCUT2D eigenvalue weighted by Gasteiger charge is -2.14. The fourth-order valence-electron chi connectivity index (χ4n) is 1.18. The third-order valence-electron chi connectivity index (χ3n) is 2.19. The summed E-state index contributed by atoms with van der Waals surface area (Å²) in [7, 11) is -5.78. The van der Waals surface area contributed by atoms with E-state index in [1.165, 1.54) is 18.2 Å². The molecule has 0 saturated heterocycles. The third-order valence-corrected chi connectivity index (χ3v) is 3.44. The van der Waals surface area contributed by atoms with E-state index in [1.54, 1.807) is 6.07 Å². The number of alkyl halides is 3. The molecule has 0 heterocycles. The minimum absolute atomic E-state index is 0.0321. The topological polar surface area (TPSA) is 96.6 Å². The van der Waals surface area contributed by atoms with E-state index >= 15 is 0 Å². The van der Waals surface area contributed by atoms with Gasteiger partial charge in [-0.15, -0.1) is 0 Å². The predicted octanol–water partition coefficient (Wildman–Crippen LogP) is 1.82. The van der Waals surface area contributed by atoms with Crippen LogP contribution in [0.4, 0.5) is 13.2 Å². The fraction of sp³-hybridized carbons (Fsp3) is 0.364. The molecule has 0 aliphatic carbocycles. The van der Waals surface area contributed by atoms with Gasteiger partial charge in [0.1, 0.15) is 24.5 Å². The summed E-state index contributed by atoms with van der Waals surface area (Å²) in [5.41, 5.74) is -5.53. The molecule has 0 unspecified atom stereocenters. The average molecular weight is 360 g/mol. The first-order valence-corrected chi connectivity index (χ1v) is 7.31. The summed E-state index contributed by atoms with van der Waals surface area (Å²) >= 11 is 5.65. The van der Waals surface area contributed by atoms with Crippen LogP contribution in [0.3, 0.4) is 0 Å². The zero-order valence-electron chi connectivity index (χ0n) is 10.7. The maximum Gasteiger partial charge on any atom is 0.523 e. The second-order valence-electron chi connectivity index (χ2n) is 3.90. The Bertz CT molecular complexity index is 671. The van der Waals surface area contributed by atoms with Crippen LogP contribution in [0.2, 0.25) is 5.02 Å². The van der Waals surface area contributed by atoms with Gasteiger partial charge in [-0.3, -0.25) is 4.18 Å². The highest BCUT2D eigenvalue weighted by Crippen LogP contribution is 2.25. The zero-order valence-corrected chi connectivity index (χ0v) is 12.2. The summed E-state index contributed by atoms with van der Waals surface area (Å²) in [6.45, 7) is -1.72. The maximum atomic E-state index is 12.0. The van der Waals surface area contributed by atoms with Crippen molar-refractivity contribution in [1.82, 2.24) is 0 Å². The zero-order chi connectivity index (χ0) is 17.0. The van der Waals surface area contributed by atoms with Crippen LogP contribution in [0.5, 0.6) is 5.75 Å². The third kappa shape index (κ3) is 5.03. The van der Waals surface area contributed by atoms with Gasteiger partial charge in [-0.05, 0) is 18.2 Å². The van der Waals surface area contributed by atoms with Crippen molar-refractivity contribution >= 4 is 21.7 Å². The normalized spacial score (nSPS) is 13.5. The van der Waals surface area contributed by atoms with E-state index in [2.05, 4.69) is 4.18 Å². The van der Waals surface area contributed by atoms with Crippen LogP contribution in [0.15, 0.2) is 18.2 Å². The smallest absolute Gasteiger partial charge is 0.489 e. The van der Waals surface area contributed by atoms with Crippen molar-refractivity contribution in [2.45, 2.75) is 11.6 Å². The van der Waals surface area contributed by atoms with Gasteiger partial charge in [-0.25, -0.2) is 0 Å². The summed E-state index contributed by atoms with van der Waals surface area (Å²) < 4.78 is 65.9. The number of hydrogen-bond acceptors (Lipinski definition) is 6. The summed E-state index contributed by atoms with van der Waals surface area (Å²) in [5, 5.41) is 18.5. The van der Waals surface area contributed by atoms with E-state index < -0.39 is 34.9 Å². The monoisotopic (exact) mass is 359 g/mol. The van der Waals surface area contributed by atoms with Gasteiger partial charge in [0.15, 0.2) is 0 Å². The minimum atomic E-state index is -5.78. The Morgan fingerprint density at radius 3 is 2.55 bits per heavy atom. The van der Waals surface area contributed by atoms with Crippen molar-refractivity contribution in [2.24, 2.45) is 0 Å². The number of ether oxygens (including phenoxy) is 1. The Kier molecular flexibility index (Phi) is 6.01. The summed E-state index contributed by atoms with van der Waals surface area (Å²) in [6.07, 6.45) is -1.65. The van der Waals surface area contributed by atoms with E-state index in [0.717, 1.165) is 0 Å². The van der Waals surface area contributed by atoms with Crippen molar-refractivity contribution in [1.29, 1.82) is 5.26 Å². The second kappa shape index (κ2) is 7.15. The highest BCUT2D eigenvalue weighted by atomic mass is 35.5. The number of hydrogen-bond donors (Lipinski definition) is 1. The molecule has 0 spiro atoms. The van der Waals surface area contributed by atoms with E-state index in [-0.39, 0.29) is 16.3 Å². The molecule has 0 bridgehead atoms. The lowest BCUT2D eigenvalue weighted by Crippen LogP contribution is -2.31. The van der Waals surface area contributed by atoms with Crippen LogP contribution in [0.1, 0.15) is 5.56 Å². The Morgan fingerprint density at radius 1 is 1.36 bits per heavy atom. The Hall–Kier alpha value is -1.54. The number of nitrogens with zero attached hydrogens (tertiary/aromatic N) is 1. The van der Waals surface area contributed by atoms with Gasteiger partial charge in [0.2, 0.25) is 0 Å². The maximum absolute atomic E-state index is 12.0. The molecule has 11 heteroatoms. The van der Waals surface area contributed by atoms with Crippen LogP contribution < -0.4 is 4.74 Å². The second-order valence-corrected chi connectivity index (χ2v) is 5.94. The number of aliphatic hydroxyl groups is 1. The molecule has 1 aromatic carbocycles. The predicted molar refractivity (Wildman–Crippen MR) is 68.6 cm³/mol. The number of nitriles is 1. The van der Waals surface area contributed by atoms with Crippen molar-refractivity contribution in [2.75, 3.05) is 13.2 Å². The van der Waals surface area contributed by atoms with Gasteiger partial charge in [-0.2, -0.15) is 26.9 Å². The summed E-state index contributed by atoms with van der Waals surface area (Å²) in [6, 6.07) is 5.77. The van der Waals surface area contributed by atoms with Crippen molar-refractivity contribution < 1.29 is 35.6 Å². The largest absolute Gasteiger partial charge is 0.523 e. The highest BCUT2D eigenvalue weighted by molar-refractivity contribution is 7.87. The molecule has 1 rings (SSSR count). The molecular weight excluding hydrogens is 351 g/mol. The lowest BCUT2D eigenvalue weighted by atomic mass is 10.2. The van der Waals surface area contributed by atoms with Gasteiger partial charge in [0.05, 0.1) is 12.2 Å². The molecule has 0 radical (unpaired) electrons. The molecule has 0 aliphatic heterocycles. The van der Waals surface area contributed by atoms with Crippen molar-refractivity contribution in [3.8, 4) is 11.8 Å². The number of benzene rings is 1. The van der Waals surface area contributed by atoms with Crippen LogP contribution >= 0.6 is 11.6 Å². The van der Waals surface area contributed by atoms with Gasteiger partial charge >= 0.3 is 15.6 Å².